The van der Waals surface area contributed by atoms with Crippen LogP contribution >= 0.6 is 0 Å². The van der Waals surface area contributed by atoms with E-state index in [1.54, 1.807) is 6.20 Å². The van der Waals surface area contributed by atoms with Gasteiger partial charge in [-0.05, 0) is 24.1 Å². The summed E-state index contributed by atoms with van der Waals surface area (Å²) in [4.78, 5) is 16.5. The number of nitrogens with zero attached hydrogens (tertiary/aromatic N) is 1. The minimum absolute atomic E-state index is 0.107. The van der Waals surface area contributed by atoms with Gasteiger partial charge in [-0.3, -0.25) is 9.78 Å². The van der Waals surface area contributed by atoms with Gasteiger partial charge < -0.3 is 5.32 Å². The highest BCUT2D eigenvalue weighted by Gasteiger charge is 2.06. The lowest BCUT2D eigenvalue weighted by Gasteiger charge is -2.07. The molecule has 1 aromatic heterocycles. The fraction of sp³-hybridized carbons (Fsp3) is 0.545. The average molecular weight is 341 g/mol. The van der Waals surface area contributed by atoms with Gasteiger partial charge in [0.05, 0.1) is 11.9 Å². The molecule has 1 amide bonds. The van der Waals surface area contributed by atoms with Crippen LogP contribution in [0.1, 0.15) is 70.3 Å². The van der Waals surface area contributed by atoms with Crippen LogP contribution in [0.15, 0.2) is 36.5 Å². The molecule has 0 unspecified atom stereocenters. The van der Waals surface area contributed by atoms with E-state index < -0.39 is 0 Å². The molecule has 0 spiro atoms. The van der Waals surface area contributed by atoms with Crippen molar-refractivity contribution in [2.45, 2.75) is 71.1 Å². The number of carbonyl (C=O) groups excluding carboxylic acids is 1. The summed E-state index contributed by atoms with van der Waals surface area (Å²) in [6.45, 7) is 3.04. The van der Waals surface area contributed by atoms with Gasteiger partial charge in [0.2, 0.25) is 5.91 Å². The van der Waals surface area contributed by atoms with Gasteiger partial charge >= 0.3 is 0 Å². The Hall–Kier alpha value is -1.90. The summed E-state index contributed by atoms with van der Waals surface area (Å²) in [6, 6.07) is 9.93. The first-order chi connectivity index (χ1) is 12.3. The lowest BCUT2D eigenvalue weighted by molar-refractivity contribution is -0.120. The Kier molecular flexibility index (Phi) is 9.03. The number of carbonyl (C=O) groups is 1. The predicted octanol–water partition coefficient (Wildman–Crippen LogP) is 5.42. The van der Waals surface area contributed by atoms with Crippen LogP contribution in [0.2, 0.25) is 0 Å². The van der Waals surface area contributed by atoms with E-state index in [1.807, 2.05) is 30.3 Å². The number of hydrogen-bond acceptors (Lipinski definition) is 2. The molecule has 136 valence electrons. The van der Waals surface area contributed by atoms with Crippen LogP contribution in [0.4, 0.5) is 0 Å². The topological polar surface area (TPSA) is 42.0 Å². The van der Waals surface area contributed by atoms with Crippen LogP contribution in [0, 0.1) is 0 Å². The zero-order valence-electron chi connectivity index (χ0n) is 15.6. The first kappa shape index (κ1) is 19.4. The number of fused-ring (bicyclic) bond motifs is 1. The van der Waals surface area contributed by atoms with Crippen LogP contribution in [0.25, 0.3) is 10.9 Å². The molecular formula is C22H32N2O. The number of aromatic nitrogens is 1. The second-order valence-electron chi connectivity index (χ2n) is 6.84. The van der Waals surface area contributed by atoms with Gasteiger partial charge in [-0.1, -0.05) is 76.5 Å². The molecule has 0 bridgehead atoms. The number of hydrogen-bond donors (Lipinski definition) is 1. The van der Waals surface area contributed by atoms with Gasteiger partial charge in [0, 0.05) is 18.1 Å². The van der Waals surface area contributed by atoms with E-state index in [9.17, 15) is 4.79 Å². The third kappa shape index (κ3) is 7.25. The number of amides is 1. The van der Waals surface area contributed by atoms with Gasteiger partial charge in [-0.25, -0.2) is 0 Å². The molecule has 25 heavy (non-hydrogen) atoms. The molecule has 1 N–H and O–H groups in total. The molecule has 2 rings (SSSR count). The number of nitrogens with one attached hydrogen (secondary N) is 1. The maximum atomic E-state index is 12.2. The average Bonchev–Trinajstić information content (AvgIpc) is 2.63. The monoisotopic (exact) mass is 340 g/mol. The number of unbranched alkanes of at least 4 members (excludes halogenated alkanes) is 8. The number of benzene rings is 1. The number of pyridine rings is 1. The highest BCUT2D eigenvalue weighted by atomic mass is 16.1. The summed E-state index contributed by atoms with van der Waals surface area (Å²) in [5.74, 6) is 0.107. The summed E-state index contributed by atoms with van der Waals surface area (Å²) in [5, 5.41) is 4.13. The van der Waals surface area contributed by atoms with Crippen molar-refractivity contribution in [3.8, 4) is 0 Å². The van der Waals surface area contributed by atoms with Gasteiger partial charge in [0.1, 0.15) is 0 Å². The molecule has 0 saturated heterocycles. The second-order valence-corrected chi connectivity index (χ2v) is 6.84. The first-order valence-corrected chi connectivity index (χ1v) is 9.90. The van der Waals surface area contributed by atoms with Crippen molar-refractivity contribution in [2.75, 3.05) is 6.54 Å². The molecule has 3 heteroatoms. The normalized spacial score (nSPS) is 10.9. The lowest BCUT2D eigenvalue weighted by atomic mass is 10.1. The molecule has 0 aliphatic heterocycles. The molecule has 0 aliphatic carbocycles. The lowest BCUT2D eigenvalue weighted by Crippen LogP contribution is -2.26. The quantitative estimate of drug-likeness (QED) is 0.524. The predicted molar refractivity (Wildman–Crippen MR) is 106 cm³/mol. The Morgan fingerprint density at radius 1 is 0.920 bits per heavy atom. The molecule has 0 aliphatic rings. The van der Waals surface area contributed by atoms with E-state index in [4.69, 9.17) is 0 Å². The zero-order valence-corrected chi connectivity index (χ0v) is 15.6. The van der Waals surface area contributed by atoms with E-state index in [-0.39, 0.29) is 5.91 Å². The molecule has 1 heterocycles. The maximum absolute atomic E-state index is 12.2. The Labute approximate surface area is 152 Å². The van der Waals surface area contributed by atoms with E-state index in [1.165, 1.54) is 51.4 Å². The van der Waals surface area contributed by atoms with Crippen LogP contribution in [0.5, 0.6) is 0 Å². The fourth-order valence-corrected chi connectivity index (χ4v) is 3.22. The Balaban J connectivity index is 1.58. The van der Waals surface area contributed by atoms with Gasteiger partial charge in [0.15, 0.2) is 0 Å². The Morgan fingerprint density at radius 2 is 1.64 bits per heavy atom. The summed E-state index contributed by atoms with van der Waals surface area (Å²) >= 11 is 0. The Bertz CT molecular complexity index is 633. The van der Waals surface area contributed by atoms with Crippen molar-refractivity contribution in [1.82, 2.24) is 10.3 Å². The van der Waals surface area contributed by atoms with Crippen molar-refractivity contribution in [3.05, 3.63) is 42.1 Å². The molecule has 3 nitrogen and oxygen atoms in total. The smallest absolute Gasteiger partial charge is 0.224 e. The van der Waals surface area contributed by atoms with E-state index >= 15 is 0 Å². The molecule has 0 saturated carbocycles. The van der Waals surface area contributed by atoms with Gasteiger partial charge in [0.25, 0.3) is 0 Å². The minimum Gasteiger partial charge on any atom is -0.356 e. The van der Waals surface area contributed by atoms with E-state index in [0.29, 0.717) is 6.42 Å². The summed E-state index contributed by atoms with van der Waals surface area (Å²) in [5.41, 5.74) is 2.00. The third-order valence-electron chi connectivity index (χ3n) is 4.69. The maximum Gasteiger partial charge on any atom is 0.224 e. The highest BCUT2D eigenvalue weighted by Crippen LogP contribution is 2.16. The highest BCUT2D eigenvalue weighted by molar-refractivity contribution is 5.88. The minimum atomic E-state index is 0.107. The molecule has 0 fully saturated rings. The zero-order chi connectivity index (χ0) is 17.7. The fourth-order valence-electron chi connectivity index (χ4n) is 3.22. The largest absolute Gasteiger partial charge is 0.356 e. The Morgan fingerprint density at radius 3 is 2.40 bits per heavy atom. The first-order valence-electron chi connectivity index (χ1n) is 9.90. The van der Waals surface area contributed by atoms with Crippen molar-refractivity contribution < 1.29 is 4.79 Å². The number of rotatable bonds is 12. The third-order valence-corrected chi connectivity index (χ3v) is 4.69. The van der Waals surface area contributed by atoms with Crippen LogP contribution in [-0.4, -0.2) is 17.4 Å². The van der Waals surface area contributed by atoms with Crippen LogP contribution in [0.3, 0.4) is 0 Å². The summed E-state index contributed by atoms with van der Waals surface area (Å²) in [7, 11) is 0. The molecule has 0 atom stereocenters. The van der Waals surface area contributed by atoms with Gasteiger partial charge in [-0.15, -0.1) is 0 Å². The standard InChI is InChI=1S/C22H32N2O/c1-2-3-4-5-6-7-8-9-10-16-24-22(25)18-19-13-11-15-21-20(19)14-12-17-23-21/h11-15,17H,2-10,16,18H2,1H3,(H,24,25). The van der Waals surface area contributed by atoms with E-state index in [2.05, 4.69) is 17.2 Å². The summed E-state index contributed by atoms with van der Waals surface area (Å²) in [6.07, 6.45) is 14.0. The van der Waals surface area contributed by atoms with Crippen molar-refractivity contribution in [2.24, 2.45) is 0 Å². The van der Waals surface area contributed by atoms with Crippen molar-refractivity contribution >= 4 is 16.8 Å². The molecule has 0 radical (unpaired) electrons. The molecule has 1 aromatic carbocycles. The van der Waals surface area contributed by atoms with Crippen molar-refractivity contribution in [3.63, 3.8) is 0 Å². The second kappa shape index (κ2) is 11.6. The van der Waals surface area contributed by atoms with Crippen LogP contribution in [-0.2, 0) is 11.2 Å². The molecule has 2 aromatic rings. The van der Waals surface area contributed by atoms with Gasteiger partial charge in [-0.2, -0.15) is 0 Å². The van der Waals surface area contributed by atoms with E-state index in [0.717, 1.165) is 29.4 Å². The van der Waals surface area contributed by atoms with Crippen LogP contribution < -0.4 is 5.32 Å². The van der Waals surface area contributed by atoms with Crippen molar-refractivity contribution in [1.29, 1.82) is 0 Å². The molecular weight excluding hydrogens is 308 g/mol. The SMILES string of the molecule is CCCCCCCCCCCNC(=O)Cc1cccc2ncccc12. The summed E-state index contributed by atoms with van der Waals surface area (Å²) < 4.78 is 0.